The van der Waals surface area contributed by atoms with Crippen molar-refractivity contribution in [2.75, 3.05) is 20.7 Å². The van der Waals surface area contributed by atoms with Crippen LogP contribution >= 0.6 is 0 Å². The number of nitrogens with one attached hydrogen (secondary N) is 1. The lowest BCUT2D eigenvalue weighted by atomic mass is 9.80. The highest BCUT2D eigenvalue weighted by Crippen LogP contribution is 2.36. The van der Waals surface area contributed by atoms with Gasteiger partial charge in [-0.1, -0.05) is 24.1 Å². The van der Waals surface area contributed by atoms with Crippen LogP contribution in [0.25, 0.3) is 0 Å². The topological polar surface area (TPSA) is 21.3 Å². The highest BCUT2D eigenvalue weighted by molar-refractivity contribution is 5.42. The summed E-state index contributed by atoms with van der Waals surface area (Å²) in [5, 5.41) is 3.28. The standard InChI is InChI=1S/C17H27NO/c1-13(12-15-8-9-17(15)19-3)16-7-5-4-6-14(16)10-11-18-2/h8-9,13,18H,4-7,10-12H2,1-3H3/t13-/m1/s1. The Balaban J connectivity index is 1.98. The Morgan fingerprint density at radius 3 is 2.68 bits per heavy atom. The molecule has 2 heteroatoms. The lowest BCUT2D eigenvalue weighted by molar-refractivity contribution is 0.291. The van der Waals surface area contributed by atoms with Crippen LogP contribution in [-0.2, 0) is 4.74 Å². The monoisotopic (exact) mass is 261 g/mol. The number of methoxy groups -OCH3 is 1. The van der Waals surface area contributed by atoms with Gasteiger partial charge in [-0.15, -0.1) is 0 Å². The van der Waals surface area contributed by atoms with Gasteiger partial charge in [0.15, 0.2) is 0 Å². The number of rotatable bonds is 7. The second-order valence-electron chi connectivity index (χ2n) is 5.72. The molecule has 0 heterocycles. The molecule has 0 unspecified atom stereocenters. The molecule has 0 amide bonds. The van der Waals surface area contributed by atoms with Gasteiger partial charge >= 0.3 is 0 Å². The van der Waals surface area contributed by atoms with Crippen LogP contribution in [0.2, 0.25) is 0 Å². The van der Waals surface area contributed by atoms with Crippen molar-refractivity contribution in [2.24, 2.45) is 5.92 Å². The molecule has 0 saturated carbocycles. The van der Waals surface area contributed by atoms with Crippen molar-refractivity contribution in [3.8, 4) is 0 Å². The van der Waals surface area contributed by atoms with E-state index in [-0.39, 0.29) is 0 Å². The zero-order valence-corrected chi connectivity index (χ0v) is 12.6. The molecule has 1 N–H and O–H groups in total. The van der Waals surface area contributed by atoms with Gasteiger partial charge in [0.2, 0.25) is 0 Å². The van der Waals surface area contributed by atoms with Gasteiger partial charge in [-0.05, 0) is 69.7 Å². The zero-order chi connectivity index (χ0) is 13.7. The fraction of sp³-hybridized carbons (Fsp3) is 0.647. The summed E-state index contributed by atoms with van der Waals surface area (Å²) < 4.78 is 5.35. The first-order valence-electron chi connectivity index (χ1n) is 7.57. The van der Waals surface area contributed by atoms with E-state index < -0.39 is 0 Å². The zero-order valence-electron chi connectivity index (χ0n) is 12.6. The summed E-state index contributed by atoms with van der Waals surface area (Å²) in [4.78, 5) is 0. The van der Waals surface area contributed by atoms with Gasteiger partial charge in [0.25, 0.3) is 0 Å². The summed E-state index contributed by atoms with van der Waals surface area (Å²) in [7, 11) is 3.81. The van der Waals surface area contributed by atoms with E-state index in [1.165, 1.54) is 37.7 Å². The predicted molar refractivity (Wildman–Crippen MR) is 81.0 cm³/mol. The lowest BCUT2D eigenvalue weighted by Crippen LogP contribution is -2.15. The minimum atomic E-state index is 0.664. The van der Waals surface area contributed by atoms with Crippen molar-refractivity contribution in [1.29, 1.82) is 0 Å². The average molecular weight is 261 g/mol. The van der Waals surface area contributed by atoms with Crippen LogP contribution in [0.5, 0.6) is 0 Å². The fourth-order valence-corrected chi connectivity index (χ4v) is 3.24. The Bertz CT molecular complexity index is 403. The normalized spacial score (nSPS) is 20.6. The summed E-state index contributed by atoms with van der Waals surface area (Å²) in [6, 6.07) is 0. The molecule has 0 aromatic heterocycles. The molecular formula is C17H27NO. The Morgan fingerprint density at radius 1 is 1.26 bits per heavy atom. The van der Waals surface area contributed by atoms with Crippen molar-refractivity contribution in [1.82, 2.24) is 5.32 Å². The molecule has 106 valence electrons. The van der Waals surface area contributed by atoms with Gasteiger partial charge in [0, 0.05) is 0 Å². The molecule has 1 atom stereocenters. The molecule has 19 heavy (non-hydrogen) atoms. The molecule has 2 aliphatic rings. The van der Waals surface area contributed by atoms with E-state index in [4.69, 9.17) is 4.74 Å². The Kier molecular flexibility index (Phi) is 5.26. The maximum Gasteiger partial charge on any atom is 0.122 e. The van der Waals surface area contributed by atoms with E-state index in [2.05, 4.69) is 24.4 Å². The number of allylic oxidation sites excluding steroid dienone is 4. The number of hydrogen-bond donors (Lipinski definition) is 1. The second kappa shape index (κ2) is 6.95. The first kappa shape index (κ1) is 14.4. The molecule has 2 rings (SSSR count). The van der Waals surface area contributed by atoms with Gasteiger partial charge < -0.3 is 10.1 Å². The van der Waals surface area contributed by atoms with Crippen LogP contribution in [0.15, 0.2) is 34.6 Å². The van der Waals surface area contributed by atoms with Crippen LogP contribution in [0.1, 0.15) is 45.4 Å². The quantitative estimate of drug-likeness (QED) is 0.700. The van der Waals surface area contributed by atoms with Crippen LogP contribution < -0.4 is 5.32 Å². The van der Waals surface area contributed by atoms with Crippen molar-refractivity contribution in [3.63, 3.8) is 0 Å². The molecule has 0 spiro atoms. The van der Waals surface area contributed by atoms with E-state index >= 15 is 0 Å². The fourth-order valence-electron chi connectivity index (χ4n) is 3.24. The molecule has 0 radical (unpaired) electrons. The van der Waals surface area contributed by atoms with Gasteiger partial charge in [-0.25, -0.2) is 0 Å². The number of ether oxygens (including phenoxy) is 1. The summed E-state index contributed by atoms with van der Waals surface area (Å²) in [6.45, 7) is 3.49. The van der Waals surface area contributed by atoms with Crippen molar-refractivity contribution in [3.05, 3.63) is 34.6 Å². The third-order valence-corrected chi connectivity index (χ3v) is 4.40. The Morgan fingerprint density at radius 2 is 2.05 bits per heavy atom. The van der Waals surface area contributed by atoms with Crippen LogP contribution in [-0.4, -0.2) is 20.7 Å². The molecule has 2 nitrogen and oxygen atoms in total. The van der Waals surface area contributed by atoms with Crippen molar-refractivity contribution < 1.29 is 4.74 Å². The first-order chi connectivity index (χ1) is 9.26. The molecule has 0 fully saturated rings. The predicted octanol–water partition coefficient (Wildman–Crippen LogP) is 3.96. The molecule has 0 bridgehead atoms. The third kappa shape index (κ3) is 3.50. The summed E-state index contributed by atoms with van der Waals surface area (Å²) in [6.07, 6.45) is 12.0. The van der Waals surface area contributed by atoms with Crippen LogP contribution in [0.3, 0.4) is 0 Å². The second-order valence-corrected chi connectivity index (χ2v) is 5.72. The van der Waals surface area contributed by atoms with E-state index in [1.54, 1.807) is 18.3 Å². The van der Waals surface area contributed by atoms with Crippen LogP contribution in [0.4, 0.5) is 0 Å². The third-order valence-electron chi connectivity index (χ3n) is 4.40. The van der Waals surface area contributed by atoms with Gasteiger partial charge in [0.05, 0.1) is 7.11 Å². The molecule has 0 saturated heterocycles. The Labute approximate surface area is 117 Å². The molecule has 0 aromatic rings. The first-order valence-corrected chi connectivity index (χ1v) is 7.57. The van der Waals surface area contributed by atoms with E-state index in [0.29, 0.717) is 5.92 Å². The number of hydrogen-bond acceptors (Lipinski definition) is 2. The molecular weight excluding hydrogens is 234 g/mol. The van der Waals surface area contributed by atoms with Crippen molar-refractivity contribution in [2.45, 2.75) is 45.4 Å². The highest BCUT2D eigenvalue weighted by Gasteiger charge is 2.21. The van der Waals surface area contributed by atoms with Gasteiger partial charge in [0.1, 0.15) is 5.76 Å². The maximum atomic E-state index is 5.35. The van der Waals surface area contributed by atoms with Gasteiger partial charge in [-0.3, -0.25) is 0 Å². The smallest absolute Gasteiger partial charge is 0.122 e. The van der Waals surface area contributed by atoms with E-state index in [0.717, 1.165) is 18.7 Å². The van der Waals surface area contributed by atoms with Gasteiger partial charge in [-0.2, -0.15) is 0 Å². The Hall–Kier alpha value is -1.02. The van der Waals surface area contributed by atoms with Crippen LogP contribution in [0, 0.1) is 5.92 Å². The molecule has 0 aliphatic heterocycles. The largest absolute Gasteiger partial charge is 0.496 e. The SMILES string of the molecule is CNCCC1=C([C@H](C)CC2=CC=C2OC)CCCC1. The summed E-state index contributed by atoms with van der Waals surface area (Å²) >= 11 is 0. The highest BCUT2D eigenvalue weighted by atomic mass is 16.5. The minimum absolute atomic E-state index is 0.664. The minimum Gasteiger partial charge on any atom is -0.496 e. The summed E-state index contributed by atoms with van der Waals surface area (Å²) in [5.41, 5.74) is 4.83. The summed E-state index contributed by atoms with van der Waals surface area (Å²) in [5.74, 6) is 1.75. The lowest BCUT2D eigenvalue weighted by Gasteiger charge is -2.27. The maximum absolute atomic E-state index is 5.35. The molecule has 0 aromatic carbocycles. The van der Waals surface area contributed by atoms with E-state index in [1.807, 2.05) is 7.05 Å². The van der Waals surface area contributed by atoms with E-state index in [9.17, 15) is 0 Å². The van der Waals surface area contributed by atoms with Crippen molar-refractivity contribution >= 4 is 0 Å². The molecule has 2 aliphatic carbocycles. The average Bonchev–Trinajstić information content (AvgIpc) is 2.42.